The largest absolute Gasteiger partial charge is 0.486 e. The highest BCUT2D eigenvalue weighted by Gasteiger charge is 2.16. The second kappa shape index (κ2) is 6.43. The molecule has 0 saturated carbocycles. The second-order valence-electron chi connectivity index (χ2n) is 6.09. The number of nitrogens with one attached hydrogen (secondary N) is 2. The van der Waals surface area contributed by atoms with Crippen molar-refractivity contribution in [1.29, 1.82) is 0 Å². The minimum Gasteiger partial charge on any atom is -0.486 e. The topological polar surface area (TPSA) is 59.6 Å². The molecule has 1 aliphatic carbocycles. The number of aryl methyl sites for hydroxylation is 1. The Morgan fingerprint density at radius 1 is 0.917 bits per heavy atom. The van der Waals surface area contributed by atoms with Gasteiger partial charge in [-0.1, -0.05) is 12.1 Å². The Labute approximate surface area is 141 Å². The summed E-state index contributed by atoms with van der Waals surface area (Å²) in [5, 5.41) is 5.84. The highest BCUT2D eigenvalue weighted by Crippen LogP contribution is 2.33. The van der Waals surface area contributed by atoms with Crippen LogP contribution in [0, 0.1) is 0 Å². The Balaban J connectivity index is 1.47. The molecule has 5 heteroatoms. The van der Waals surface area contributed by atoms with Crippen molar-refractivity contribution in [3.8, 4) is 11.5 Å². The van der Waals surface area contributed by atoms with Crippen LogP contribution in [0.15, 0.2) is 36.4 Å². The van der Waals surface area contributed by atoms with E-state index in [1.807, 2.05) is 24.3 Å². The van der Waals surface area contributed by atoms with Crippen LogP contribution in [0.5, 0.6) is 11.5 Å². The van der Waals surface area contributed by atoms with Crippen LogP contribution < -0.4 is 20.1 Å². The van der Waals surface area contributed by atoms with Crippen LogP contribution in [-0.4, -0.2) is 19.2 Å². The molecule has 2 aliphatic rings. The van der Waals surface area contributed by atoms with Crippen LogP contribution in [0.3, 0.4) is 0 Å². The predicted octanol–water partition coefficient (Wildman–Crippen LogP) is 3.98. The lowest BCUT2D eigenvalue weighted by atomic mass is 9.90. The summed E-state index contributed by atoms with van der Waals surface area (Å²) in [5.74, 6) is 1.38. The van der Waals surface area contributed by atoms with Gasteiger partial charge in [0.05, 0.1) is 0 Å². The Hall–Kier alpha value is -2.69. The van der Waals surface area contributed by atoms with Crippen molar-refractivity contribution in [2.24, 2.45) is 0 Å². The quantitative estimate of drug-likeness (QED) is 0.878. The van der Waals surface area contributed by atoms with Gasteiger partial charge >= 0.3 is 6.03 Å². The maximum atomic E-state index is 12.3. The molecule has 2 aromatic rings. The maximum absolute atomic E-state index is 12.3. The van der Waals surface area contributed by atoms with Crippen molar-refractivity contribution >= 4 is 17.4 Å². The molecular formula is C19H20N2O3. The van der Waals surface area contributed by atoms with Crippen LogP contribution in [0.2, 0.25) is 0 Å². The second-order valence-corrected chi connectivity index (χ2v) is 6.09. The number of carbonyl (C=O) groups is 1. The number of rotatable bonds is 2. The molecule has 1 heterocycles. The molecule has 0 fully saturated rings. The van der Waals surface area contributed by atoms with Gasteiger partial charge < -0.3 is 20.1 Å². The molecule has 5 nitrogen and oxygen atoms in total. The molecule has 0 spiro atoms. The van der Waals surface area contributed by atoms with E-state index in [4.69, 9.17) is 9.47 Å². The van der Waals surface area contributed by atoms with Gasteiger partial charge in [0.1, 0.15) is 13.2 Å². The van der Waals surface area contributed by atoms with Crippen molar-refractivity contribution in [1.82, 2.24) is 0 Å². The molecule has 1 aliphatic heterocycles. The third-order valence-electron chi connectivity index (χ3n) is 4.44. The van der Waals surface area contributed by atoms with Gasteiger partial charge in [0.2, 0.25) is 0 Å². The van der Waals surface area contributed by atoms with Crippen molar-refractivity contribution in [3.05, 3.63) is 47.5 Å². The Morgan fingerprint density at radius 3 is 2.67 bits per heavy atom. The van der Waals surface area contributed by atoms with Gasteiger partial charge in [-0.2, -0.15) is 0 Å². The fraction of sp³-hybridized carbons (Fsp3) is 0.316. The van der Waals surface area contributed by atoms with E-state index in [1.165, 1.54) is 24.0 Å². The molecule has 24 heavy (non-hydrogen) atoms. The van der Waals surface area contributed by atoms with E-state index < -0.39 is 0 Å². The van der Waals surface area contributed by atoms with Crippen LogP contribution in [0.25, 0.3) is 0 Å². The Morgan fingerprint density at radius 2 is 1.75 bits per heavy atom. The highest BCUT2D eigenvalue weighted by molar-refractivity contribution is 6.00. The zero-order chi connectivity index (χ0) is 16.4. The van der Waals surface area contributed by atoms with Gasteiger partial charge in [-0.25, -0.2) is 4.79 Å². The van der Waals surface area contributed by atoms with E-state index in [0.29, 0.717) is 30.4 Å². The molecule has 0 bridgehead atoms. The molecule has 0 saturated heterocycles. The molecule has 0 aromatic heterocycles. The minimum absolute atomic E-state index is 0.245. The van der Waals surface area contributed by atoms with Crippen molar-refractivity contribution < 1.29 is 14.3 Å². The van der Waals surface area contributed by atoms with Gasteiger partial charge in [-0.15, -0.1) is 0 Å². The SMILES string of the molecule is O=C(Nc1ccc2c(c1)OCCO2)Nc1cccc2c1CCCC2. The van der Waals surface area contributed by atoms with E-state index >= 15 is 0 Å². The maximum Gasteiger partial charge on any atom is 0.323 e. The summed E-state index contributed by atoms with van der Waals surface area (Å²) in [6.07, 6.45) is 4.51. The number of benzene rings is 2. The number of urea groups is 1. The molecule has 0 atom stereocenters. The third kappa shape index (κ3) is 3.02. The lowest BCUT2D eigenvalue weighted by Crippen LogP contribution is -2.21. The zero-order valence-corrected chi connectivity index (χ0v) is 13.4. The molecule has 124 valence electrons. The van der Waals surface area contributed by atoms with Gasteiger partial charge in [0.25, 0.3) is 0 Å². The molecule has 0 unspecified atom stereocenters. The summed E-state index contributed by atoms with van der Waals surface area (Å²) in [7, 11) is 0. The zero-order valence-electron chi connectivity index (χ0n) is 13.4. The van der Waals surface area contributed by atoms with Crippen molar-refractivity contribution in [3.63, 3.8) is 0 Å². The minimum atomic E-state index is -0.245. The molecule has 2 N–H and O–H groups in total. The molecular weight excluding hydrogens is 304 g/mol. The average Bonchev–Trinajstić information content (AvgIpc) is 2.62. The molecule has 2 amide bonds. The van der Waals surface area contributed by atoms with Gasteiger partial charge in [-0.3, -0.25) is 0 Å². The number of hydrogen-bond acceptors (Lipinski definition) is 3. The first kappa shape index (κ1) is 14.9. The molecule has 0 radical (unpaired) electrons. The van der Waals surface area contributed by atoms with Crippen LogP contribution in [-0.2, 0) is 12.8 Å². The van der Waals surface area contributed by atoms with E-state index in [-0.39, 0.29) is 6.03 Å². The predicted molar refractivity (Wildman–Crippen MR) is 93.2 cm³/mol. The lowest BCUT2D eigenvalue weighted by molar-refractivity contribution is 0.171. The third-order valence-corrected chi connectivity index (χ3v) is 4.44. The summed E-state index contributed by atoms with van der Waals surface area (Å²) < 4.78 is 11.0. The van der Waals surface area contributed by atoms with E-state index in [1.54, 1.807) is 6.07 Å². The van der Waals surface area contributed by atoms with E-state index in [9.17, 15) is 4.79 Å². The molecule has 2 aromatic carbocycles. The van der Waals surface area contributed by atoms with Gasteiger partial charge in [0, 0.05) is 17.4 Å². The summed E-state index contributed by atoms with van der Waals surface area (Å²) in [5.41, 5.74) is 4.20. The smallest absolute Gasteiger partial charge is 0.323 e. The number of hydrogen-bond donors (Lipinski definition) is 2. The number of carbonyl (C=O) groups excluding carboxylic acids is 1. The Kier molecular flexibility index (Phi) is 3.99. The van der Waals surface area contributed by atoms with Gasteiger partial charge in [-0.05, 0) is 55.0 Å². The van der Waals surface area contributed by atoms with Gasteiger partial charge in [0.15, 0.2) is 11.5 Å². The van der Waals surface area contributed by atoms with Crippen LogP contribution in [0.1, 0.15) is 24.0 Å². The first-order chi connectivity index (χ1) is 11.8. The van der Waals surface area contributed by atoms with Crippen LogP contribution in [0.4, 0.5) is 16.2 Å². The van der Waals surface area contributed by atoms with Crippen LogP contribution >= 0.6 is 0 Å². The first-order valence-electron chi connectivity index (χ1n) is 8.38. The van der Waals surface area contributed by atoms with E-state index in [0.717, 1.165) is 18.5 Å². The monoisotopic (exact) mass is 324 g/mol. The number of ether oxygens (including phenoxy) is 2. The fourth-order valence-electron chi connectivity index (χ4n) is 3.30. The molecule has 4 rings (SSSR count). The lowest BCUT2D eigenvalue weighted by Gasteiger charge is -2.20. The first-order valence-corrected chi connectivity index (χ1v) is 8.38. The summed E-state index contributed by atoms with van der Waals surface area (Å²) in [4.78, 5) is 12.3. The Bertz CT molecular complexity index is 773. The number of fused-ring (bicyclic) bond motifs is 2. The summed E-state index contributed by atoms with van der Waals surface area (Å²) in [6, 6.07) is 11.3. The van der Waals surface area contributed by atoms with Crippen molar-refractivity contribution in [2.45, 2.75) is 25.7 Å². The fourth-order valence-corrected chi connectivity index (χ4v) is 3.30. The highest BCUT2D eigenvalue weighted by atomic mass is 16.6. The van der Waals surface area contributed by atoms with E-state index in [2.05, 4.69) is 16.7 Å². The summed E-state index contributed by atoms with van der Waals surface area (Å²) >= 11 is 0. The summed E-state index contributed by atoms with van der Waals surface area (Å²) in [6.45, 7) is 1.08. The van der Waals surface area contributed by atoms with Crippen molar-refractivity contribution in [2.75, 3.05) is 23.8 Å². The standard InChI is InChI=1S/C19H20N2O3/c22-19(20-14-8-9-17-18(12-14)24-11-10-23-17)21-16-7-3-5-13-4-1-2-6-15(13)16/h3,5,7-9,12H,1-2,4,6,10-11H2,(H2,20,21,22). The normalized spacial score (nSPS) is 15.3. The average molecular weight is 324 g/mol. The number of amides is 2. The number of anilines is 2.